The Kier molecular flexibility index (Phi) is 6.75. The number of nitrogens with zero attached hydrogens (tertiary/aromatic N) is 3. The lowest BCUT2D eigenvalue weighted by Crippen LogP contribution is -2.38. The second kappa shape index (κ2) is 9.87. The molecule has 8 heteroatoms. The molecule has 4 rings (SSSR count). The molecule has 1 aliphatic heterocycles. The monoisotopic (exact) mass is 452 g/mol. The molecule has 32 heavy (non-hydrogen) atoms. The van der Waals surface area contributed by atoms with E-state index in [-0.39, 0.29) is 11.8 Å². The molecule has 1 aromatic heterocycles. The van der Waals surface area contributed by atoms with Gasteiger partial charge < -0.3 is 19.7 Å². The van der Waals surface area contributed by atoms with Crippen molar-refractivity contribution in [2.75, 3.05) is 37.5 Å². The smallest absolute Gasteiger partial charge is 0.227 e. The molecule has 1 fully saturated rings. The fourth-order valence-corrected chi connectivity index (χ4v) is 4.00. The number of anilines is 2. The first-order chi connectivity index (χ1) is 15.6. The third-order valence-electron chi connectivity index (χ3n) is 5.65. The van der Waals surface area contributed by atoms with Gasteiger partial charge in [-0.2, -0.15) is 0 Å². The number of halogens is 1. The first kappa shape index (κ1) is 21.9. The van der Waals surface area contributed by atoms with Crippen molar-refractivity contribution in [3.05, 3.63) is 59.9 Å². The van der Waals surface area contributed by atoms with Gasteiger partial charge in [0.15, 0.2) is 0 Å². The van der Waals surface area contributed by atoms with Gasteiger partial charge >= 0.3 is 0 Å². The van der Waals surface area contributed by atoms with Crippen LogP contribution >= 0.6 is 11.6 Å². The lowest BCUT2D eigenvalue weighted by molar-refractivity contribution is -0.120. The Labute approximate surface area is 192 Å². The van der Waals surface area contributed by atoms with Crippen LogP contribution in [0.3, 0.4) is 0 Å². The van der Waals surface area contributed by atoms with Gasteiger partial charge in [0.1, 0.15) is 23.6 Å². The molecule has 166 valence electrons. The predicted molar refractivity (Wildman–Crippen MR) is 126 cm³/mol. The second-order valence-electron chi connectivity index (χ2n) is 7.59. The molecule has 0 aliphatic carbocycles. The Hall–Kier alpha value is -3.32. The van der Waals surface area contributed by atoms with Crippen molar-refractivity contribution in [1.29, 1.82) is 0 Å². The highest BCUT2D eigenvalue weighted by atomic mass is 35.5. The molecule has 0 atom stereocenters. The fraction of sp³-hybridized carbons (Fsp3) is 0.292. The van der Waals surface area contributed by atoms with Crippen LogP contribution in [0.2, 0.25) is 5.02 Å². The largest absolute Gasteiger partial charge is 0.497 e. The maximum absolute atomic E-state index is 12.8. The van der Waals surface area contributed by atoms with E-state index in [1.807, 2.05) is 30.3 Å². The number of amides is 1. The van der Waals surface area contributed by atoms with E-state index in [2.05, 4.69) is 20.2 Å². The zero-order valence-electron chi connectivity index (χ0n) is 18.0. The number of methoxy groups -OCH3 is 2. The van der Waals surface area contributed by atoms with Gasteiger partial charge in [0.25, 0.3) is 0 Å². The molecular formula is C24H25ClN4O3. The van der Waals surface area contributed by atoms with Gasteiger partial charge in [-0.15, -0.1) is 0 Å². The van der Waals surface area contributed by atoms with Crippen LogP contribution in [0, 0.1) is 5.92 Å². The summed E-state index contributed by atoms with van der Waals surface area (Å²) in [7, 11) is 3.21. The molecule has 2 aromatic carbocycles. The number of piperidine rings is 1. The van der Waals surface area contributed by atoms with Gasteiger partial charge in [-0.25, -0.2) is 9.97 Å². The first-order valence-corrected chi connectivity index (χ1v) is 10.8. The highest BCUT2D eigenvalue weighted by Gasteiger charge is 2.26. The Bertz CT molecular complexity index is 1080. The topological polar surface area (TPSA) is 76.6 Å². The molecule has 1 N–H and O–H groups in total. The SMILES string of the molecule is COc1ccc(-c2cc(N3CCC(C(=O)Nc4cc(Cl)ccc4OC)CC3)ncn2)cc1. The molecule has 2 heterocycles. The van der Waals surface area contributed by atoms with E-state index in [0.717, 1.165) is 48.8 Å². The average molecular weight is 453 g/mol. The van der Waals surface area contributed by atoms with Crippen LogP contribution in [-0.4, -0.2) is 43.2 Å². The van der Waals surface area contributed by atoms with E-state index < -0.39 is 0 Å². The molecule has 3 aromatic rings. The van der Waals surface area contributed by atoms with Gasteiger partial charge in [-0.1, -0.05) is 11.6 Å². The number of aromatic nitrogens is 2. The first-order valence-electron chi connectivity index (χ1n) is 10.4. The molecule has 7 nitrogen and oxygen atoms in total. The van der Waals surface area contributed by atoms with Crippen LogP contribution in [0.1, 0.15) is 12.8 Å². The van der Waals surface area contributed by atoms with Gasteiger partial charge in [0.05, 0.1) is 25.6 Å². The summed E-state index contributed by atoms with van der Waals surface area (Å²) in [4.78, 5) is 23.9. The van der Waals surface area contributed by atoms with Crippen molar-refractivity contribution in [2.24, 2.45) is 5.92 Å². The van der Waals surface area contributed by atoms with Crippen molar-refractivity contribution >= 4 is 29.0 Å². The minimum atomic E-state index is -0.0853. The number of hydrogen-bond donors (Lipinski definition) is 1. The Morgan fingerprint density at radius 3 is 2.47 bits per heavy atom. The minimum absolute atomic E-state index is 0.0215. The highest BCUT2D eigenvalue weighted by Crippen LogP contribution is 2.30. The number of benzene rings is 2. The fourth-order valence-electron chi connectivity index (χ4n) is 3.82. The van der Waals surface area contributed by atoms with Crippen LogP contribution < -0.4 is 19.7 Å². The van der Waals surface area contributed by atoms with Crippen molar-refractivity contribution in [3.63, 3.8) is 0 Å². The van der Waals surface area contributed by atoms with E-state index in [0.29, 0.717) is 16.5 Å². The Balaban J connectivity index is 1.39. The summed E-state index contributed by atoms with van der Waals surface area (Å²) in [6.45, 7) is 1.48. The zero-order chi connectivity index (χ0) is 22.5. The number of carbonyl (C=O) groups is 1. The molecule has 0 spiro atoms. The van der Waals surface area contributed by atoms with Gasteiger partial charge in [0, 0.05) is 35.7 Å². The zero-order valence-corrected chi connectivity index (χ0v) is 18.8. The molecule has 1 aliphatic rings. The Morgan fingerprint density at radius 1 is 1.03 bits per heavy atom. The van der Waals surface area contributed by atoms with Crippen LogP contribution in [-0.2, 0) is 4.79 Å². The molecule has 0 saturated carbocycles. The summed E-state index contributed by atoms with van der Waals surface area (Å²) >= 11 is 6.07. The maximum Gasteiger partial charge on any atom is 0.227 e. The van der Waals surface area contributed by atoms with E-state index in [1.165, 1.54) is 0 Å². The van der Waals surface area contributed by atoms with Crippen LogP contribution in [0.15, 0.2) is 54.9 Å². The van der Waals surface area contributed by atoms with Crippen molar-refractivity contribution in [3.8, 4) is 22.8 Å². The maximum atomic E-state index is 12.8. The van der Waals surface area contributed by atoms with Gasteiger partial charge in [-0.05, 0) is 55.3 Å². The third-order valence-corrected chi connectivity index (χ3v) is 5.88. The summed E-state index contributed by atoms with van der Waals surface area (Å²) in [6, 6.07) is 14.9. The summed E-state index contributed by atoms with van der Waals surface area (Å²) in [6.07, 6.45) is 3.05. The number of ether oxygens (including phenoxy) is 2. The molecule has 0 bridgehead atoms. The van der Waals surface area contributed by atoms with Crippen LogP contribution in [0.25, 0.3) is 11.3 Å². The lowest BCUT2D eigenvalue weighted by atomic mass is 9.95. The summed E-state index contributed by atoms with van der Waals surface area (Å²) in [5.74, 6) is 2.15. The second-order valence-corrected chi connectivity index (χ2v) is 8.02. The quantitative estimate of drug-likeness (QED) is 0.585. The van der Waals surface area contributed by atoms with Crippen molar-refractivity contribution in [1.82, 2.24) is 9.97 Å². The summed E-state index contributed by atoms with van der Waals surface area (Å²) in [5, 5.41) is 3.51. The highest BCUT2D eigenvalue weighted by molar-refractivity contribution is 6.31. The summed E-state index contributed by atoms with van der Waals surface area (Å²) in [5.41, 5.74) is 2.44. The van der Waals surface area contributed by atoms with E-state index in [4.69, 9.17) is 21.1 Å². The number of nitrogens with one attached hydrogen (secondary N) is 1. The molecule has 0 unspecified atom stereocenters. The summed E-state index contributed by atoms with van der Waals surface area (Å²) < 4.78 is 10.5. The van der Waals surface area contributed by atoms with Crippen LogP contribution in [0.5, 0.6) is 11.5 Å². The predicted octanol–water partition coefficient (Wildman–Crippen LogP) is 4.67. The molecule has 0 radical (unpaired) electrons. The van der Waals surface area contributed by atoms with Crippen molar-refractivity contribution in [2.45, 2.75) is 12.8 Å². The van der Waals surface area contributed by atoms with Crippen LogP contribution in [0.4, 0.5) is 11.5 Å². The lowest BCUT2D eigenvalue weighted by Gasteiger charge is -2.32. The van der Waals surface area contributed by atoms with Gasteiger partial charge in [-0.3, -0.25) is 4.79 Å². The Morgan fingerprint density at radius 2 is 1.78 bits per heavy atom. The molecular weight excluding hydrogens is 428 g/mol. The van der Waals surface area contributed by atoms with E-state index in [9.17, 15) is 4.79 Å². The van der Waals surface area contributed by atoms with Crippen molar-refractivity contribution < 1.29 is 14.3 Å². The average Bonchev–Trinajstić information content (AvgIpc) is 2.84. The minimum Gasteiger partial charge on any atom is -0.497 e. The van der Waals surface area contributed by atoms with Gasteiger partial charge in [0.2, 0.25) is 5.91 Å². The van der Waals surface area contributed by atoms with E-state index in [1.54, 1.807) is 38.7 Å². The van der Waals surface area contributed by atoms with E-state index >= 15 is 0 Å². The standard InChI is InChI=1S/C24H25ClN4O3/c1-31-19-6-3-16(4-7-19)20-14-23(27-15-26-20)29-11-9-17(10-12-29)24(30)28-21-13-18(25)5-8-22(21)32-2/h3-8,13-15,17H,9-12H2,1-2H3,(H,28,30). The third kappa shape index (κ3) is 4.94. The molecule has 1 saturated heterocycles. The number of carbonyl (C=O) groups excluding carboxylic acids is 1. The number of hydrogen-bond acceptors (Lipinski definition) is 6. The molecule has 1 amide bonds. The normalized spacial score (nSPS) is 14.2. The number of rotatable bonds is 6.